The monoisotopic (exact) mass is 899 g/mol. The van der Waals surface area contributed by atoms with E-state index in [-0.39, 0.29) is 0 Å². The number of fused-ring (bicyclic) bond motifs is 6. The summed E-state index contributed by atoms with van der Waals surface area (Å²) in [6.07, 6.45) is 2.71. The van der Waals surface area contributed by atoms with Crippen LogP contribution in [-0.4, -0.2) is 0 Å². The molecule has 0 saturated heterocycles. The lowest BCUT2D eigenvalue weighted by Crippen LogP contribution is -2.16. The van der Waals surface area contributed by atoms with Crippen LogP contribution < -0.4 is 4.90 Å². The first-order chi connectivity index (χ1) is 34.3. The highest BCUT2D eigenvalue weighted by Gasteiger charge is 2.25. The zero-order valence-electron chi connectivity index (χ0n) is 41.1. The first-order valence-electron chi connectivity index (χ1n) is 25.3. The van der Waals surface area contributed by atoms with E-state index in [1.807, 2.05) is 0 Å². The van der Waals surface area contributed by atoms with Gasteiger partial charge in [-0.15, -0.1) is 0 Å². The molecule has 0 heterocycles. The van der Waals surface area contributed by atoms with Gasteiger partial charge in [-0.3, -0.25) is 0 Å². The Bertz CT molecular complexity index is 3830. The van der Waals surface area contributed by atoms with Crippen molar-refractivity contribution in [2.75, 3.05) is 4.90 Å². The fraction of sp³-hybridized carbons (Fsp3) is 0.130. The number of hydrogen-bond acceptors (Lipinski definition) is 1. The topological polar surface area (TPSA) is 3.24 Å². The Hall–Kier alpha value is -8.00. The summed E-state index contributed by atoms with van der Waals surface area (Å²) in [7, 11) is 0. The van der Waals surface area contributed by atoms with Crippen molar-refractivity contribution in [1.82, 2.24) is 0 Å². The third-order valence-electron chi connectivity index (χ3n) is 15.2. The van der Waals surface area contributed by atoms with Crippen molar-refractivity contribution in [3.8, 4) is 33.4 Å². The van der Waals surface area contributed by atoms with Crippen LogP contribution in [0, 0.1) is 20.8 Å². The van der Waals surface area contributed by atoms with Crippen molar-refractivity contribution in [2.45, 2.75) is 60.8 Å². The van der Waals surface area contributed by atoms with Gasteiger partial charge in [0, 0.05) is 17.1 Å². The van der Waals surface area contributed by atoms with Crippen LogP contribution in [-0.2, 0) is 19.3 Å². The van der Waals surface area contributed by atoms with Crippen LogP contribution in [0.3, 0.4) is 0 Å². The average molecular weight is 900 g/mol. The molecule has 0 atom stereocenters. The van der Waals surface area contributed by atoms with Gasteiger partial charge in [0.15, 0.2) is 0 Å². The second-order valence-corrected chi connectivity index (χ2v) is 19.4. The molecular weight excluding hydrogens is 843 g/mol. The lowest BCUT2D eigenvalue weighted by Gasteiger charge is -2.33. The molecule has 12 aromatic carbocycles. The minimum Gasteiger partial charge on any atom is -0.310 e. The summed E-state index contributed by atoms with van der Waals surface area (Å²) in [6.45, 7) is 13.9. The van der Waals surface area contributed by atoms with Crippen LogP contribution in [0.2, 0.25) is 0 Å². The van der Waals surface area contributed by atoms with Gasteiger partial charge in [0.25, 0.3) is 0 Å². The third-order valence-corrected chi connectivity index (χ3v) is 15.2. The normalized spacial score (nSPS) is 11.7. The zero-order valence-corrected chi connectivity index (χ0v) is 41.1. The van der Waals surface area contributed by atoms with Crippen molar-refractivity contribution in [3.05, 3.63) is 234 Å². The Morgan fingerprint density at radius 2 is 0.586 bits per heavy atom. The van der Waals surface area contributed by atoms with Gasteiger partial charge in [0.2, 0.25) is 0 Å². The van der Waals surface area contributed by atoms with Gasteiger partial charge in [0.1, 0.15) is 0 Å². The molecule has 0 aliphatic carbocycles. The standard InChI is InChI=1S/C69H57N/c1-7-46-40-66(43(4)32-61(46)59-30-18-26-55-35-49-20-10-12-22-51(49)38-63(55)59)70(67-41-47(8-2)62(33-44(67)5)60-31-19-27-56-36-50-21-11-13-23-52(50)39-64(56)60)68-42-48(9-3)65(34-45(68)6)69-57-28-16-14-24-53(57)37-54-25-15-17-29-58(54)69/h10-42H,7-9H2,1-6H3. The molecule has 12 aromatic rings. The predicted molar refractivity (Wildman–Crippen MR) is 305 cm³/mol. The molecule has 0 bridgehead atoms. The molecular formula is C69H57N. The first kappa shape index (κ1) is 43.3. The average Bonchev–Trinajstić information content (AvgIpc) is 3.39. The largest absolute Gasteiger partial charge is 0.310 e. The second-order valence-electron chi connectivity index (χ2n) is 19.4. The summed E-state index contributed by atoms with van der Waals surface area (Å²) in [5.74, 6) is 0. The van der Waals surface area contributed by atoms with Gasteiger partial charge in [-0.05, 0) is 238 Å². The molecule has 0 radical (unpaired) electrons. The molecule has 0 spiro atoms. The Balaban J connectivity index is 1.10. The molecule has 0 aliphatic heterocycles. The molecule has 0 aromatic heterocycles. The number of aryl methyl sites for hydroxylation is 6. The first-order valence-corrected chi connectivity index (χ1v) is 25.3. The summed E-state index contributed by atoms with van der Waals surface area (Å²) in [6, 6.07) is 75.7. The molecule has 0 fully saturated rings. The Kier molecular flexibility index (Phi) is 10.8. The van der Waals surface area contributed by atoms with Gasteiger partial charge >= 0.3 is 0 Å². The highest BCUT2D eigenvalue weighted by molar-refractivity contribution is 6.14. The van der Waals surface area contributed by atoms with E-state index in [9.17, 15) is 0 Å². The SMILES string of the molecule is CCc1cc(N(c2cc(CC)c(-c3cccc4cc5ccccc5cc34)cc2C)c2cc(CC)c(-c3c4ccccc4cc4ccccc34)cc2C)c(C)cc1-c1cccc2cc3ccccc3cc12. The Labute approximate surface area is 412 Å². The minimum atomic E-state index is 0.899. The Morgan fingerprint density at radius 1 is 0.271 bits per heavy atom. The summed E-state index contributed by atoms with van der Waals surface area (Å²) < 4.78 is 0. The van der Waals surface area contributed by atoms with E-state index >= 15 is 0 Å². The maximum absolute atomic E-state index is 2.61. The molecule has 338 valence electrons. The summed E-state index contributed by atoms with van der Waals surface area (Å²) >= 11 is 0. The van der Waals surface area contributed by atoms with Crippen LogP contribution >= 0.6 is 0 Å². The second kappa shape index (κ2) is 17.5. The number of nitrogens with zero attached hydrogens (tertiary/aromatic N) is 1. The molecule has 0 aliphatic rings. The van der Waals surface area contributed by atoms with Crippen LogP contribution in [0.15, 0.2) is 200 Å². The van der Waals surface area contributed by atoms with E-state index in [1.54, 1.807) is 0 Å². The maximum atomic E-state index is 2.61. The van der Waals surface area contributed by atoms with E-state index in [1.165, 1.54) is 148 Å². The van der Waals surface area contributed by atoms with E-state index in [2.05, 4.69) is 247 Å². The van der Waals surface area contributed by atoms with Gasteiger partial charge < -0.3 is 4.90 Å². The van der Waals surface area contributed by atoms with Crippen LogP contribution in [0.25, 0.3) is 98.0 Å². The van der Waals surface area contributed by atoms with Gasteiger partial charge in [-0.25, -0.2) is 0 Å². The van der Waals surface area contributed by atoms with E-state index in [0.29, 0.717) is 0 Å². The van der Waals surface area contributed by atoms with Crippen molar-refractivity contribution >= 4 is 81.7 Å². The maximum Gasteiger partial charge on any atom is 0.0494 e. The highest BCUT2D eigenvalue weighted by atomic mass is 15.1. The molecule has 0 amide bonds. The minimum absolute atomic E-state index is 0.899. The molecule has 0 unspecified atom stereocenters. The highest BCUT2D eigenvalue weighted by Crippen LogP contribution is 2.48. The molecule has 70 heavy (non-hydrogen) atoms. The lowest BCUT2D eigenvalue weighted by molar-refractivity contribution is 1.10. The molecule has 0 N–H and O–H groups in total. The molecule has 0 saturated carbocycles. The van der Waals surface area contributed by atoms with Gasteiger partial charge in [-0.2, -0.15) is 0 Å². The zero-order chi connectivity index (χ0) is 47.6. The predicted octanol–water partition coefficient (Wildman–Crippen LogP) is 19.7. The van der Waals surface area contributed by atoms with Crippen molar-refractivity contribution in [1.29, 1.82) is 0 Å². The Morgan fingerprint density at radius 3 is 1.00 bits per heavy atom. The molecule has 12 rings (SSSR count). The van der Waals surface area contributed by atoms with E-state index in [0.717, 1.165) is 19.3 Å². The van der Waals surface area contributed by atoms with Crippen LogP contribution in [0.1, 0.15) is 54.2 Å². The summed E-state index contributed by atoms with van der Waals surface area (Å²) in [5.41, 5.74) is 19.2. The molecule has 1 heteroatoms. The van der Waals surface area contributed by atoms with E-state index < -0.39 is 0 Å². The van der Waals surface area contributed by atoms with Crippen LogP contribution in [0.5, 0.6) is 0 Å². The number of hydrogen-bond donors (Lipinski definition) is 0. The third kappa shape index (κ3) is 7.23. The summed E-state index contributed by atoms with van der Waals surface area (Å²) in [5, 5.41) is 15.3. The lowest BCUT2D eigenvalue weighted by atomic mass is 9.87. The smallest absolute Gasteiger partial charge is 0.0494 e. The van der Waals surface area contributed by atoms with Crippen LogP contribution in [0.4, 0.5) is 17.1 Å². The molecule has 1 nitrogen and oxygen atoms in total. The number of benzene rings is 12. The van der Waals surface area contributed by atoms with Gasteiger partial charge in [-0.1, -0.05) is 154 Å². The fourth-order valence-corrected chi connectivity index (χ4v) is 11.7. The number of anilines is 3. The van der Waals surface area contributed by atoms with Crippen molar-refractivity contribution < 1.29 is 0 Å². The summed E-state index contributed by atoms with van der Waals surface area (Å²) in [4.78, 5) is 2.61. The van der Waals surface area contributed by atoms with Gasteiger partial charge in [0.05, 0.1) is 0 Å². The van der Waals surface area contributed by atoms with Crippen molar-refractivity contribution in [2.24, 2.45) is 0 Å². The number of rotatable bonds is 9. The van der Waals surface area contributed by atoms with E-state index in [4.69, 9.17) is 0 Å². The van der Waals surface area contributed by atoms with Crippen molar-refractivity contribution in [3.63, 3.8) is 0 Å². The fourth-order valence-electron chi connectivity index (χ4n) is 11.7. The quantitative estimate of drug-likeness (QED) is 0.131.